The van der Waals surface area contributed by atoms with Crippen LogP contribution < -0.4 is 20.1 Å². The Hall–Kier alpha value is -4.12. The van der Waals surface area contributed by atoms with Gasteiger partial charge in [-0.2, -0.15) is 5.26 Å². The van der Waals surface area contributed by atoms with Crippen molar-refractivity contribution in [3.63, 3.8) is 0 Å². The lowest BCUT2D eigenvalue weighted by molar-refractivity contribution is 0.102. The average Bonchev–Trinajstić information content (AvgIpc) is 2.73. The van der Waals surface area contributed by atoms with Crippen molar-refractivity contribution in [2.75, 3.05) is 24.9 Å². The lowest BCUT2D eigenvalue weighted by Gasteiger charge is -2.11. The highest BCUT2D eigenvalue weighted by atomic mass is 16.5. The van der Waals surface area contributed by atoms with E-state index in [9.17, 15) is 10.1 Å². The molecule has 1 heterocycles. The molecule has 8 nitrogen and oxygen atoms in total. The highest BCUT2D eigenvalue weighted by molar-refractivity contribution is 6.03. The molecule has 3 rings (SSSR count). The fourth-order valence-corrected chi connectivity index (χ4v) is 2.66. The number of aromatic nitrogens is 2. The van der Waals surface area contributed by atoms with Crippen molar-refractivity contribution in [1.29, 1.82) is 5.26 Å². The number of ether oxygens (including phenoxy) is 2. The van der Waals surface area contributed by atoms with E-state index in [1.54, 1.807) is 62.6 Å². The quantitative estimate of drug-likeness (QED) is 0.662. The highest BCUT2D eigenvalue weighted by Gasteiger charge is 2.13. The Morgan fingerprint density at radius 1 is 1.03 bits per heavy atom. The van der Waals surface area contributed by atoms with Gasteiger partial charge in [-0.15, -0.1) is 0 Å². The number of carbonyl (C=O) groups excluding carboxylic acids is 1. The molecule has 8 heteroatoms. The van der Waals surface area contributed by atoms with Gasteiger partial charge in [-0.25, -0.2) is 9.97 Å². The number of nitrogens with one attached hydrogen (secondary N) is 2. The third-order valence-electron chi connectivity index (χ3n) is 4.02. The topological polar surface area (TPSA) is 109 Å². The normalized spacial score (nSPS) is 10.0. The molecule has 1 amide bonds. The molecule has 0 radical (unpaired) electrons. The lowest BCUT2D eigenvalue weighted by atomic mass is 10.2. The van der Waals surface area contributed by atoms with Crippen LogP contribution in [-0.2, 0) is 0 Å². The average molecular weight is 389 g/mol. The monoisotopic (exact) mass is 389 g/mol. The maximum atomic E-state index is 12.7. The van der Waals surface area contributed by atoms with Crippen molar-refractivity contribution in [3.8, 4) is 17.6 Å². The van der Waals surface area contributed by atoms with Crippen LogP contribution in [0.25, 0.3) is 0 Å². The van der Waals surface area contributed by atoms with Crippen LogP contribution in [0.4, 0.5) is 17.3 Å². The van der Waals surface area contributed by atoms with E-state index in [1.807, 2.05) is 0 Å². The number of nitrogens with zero attached hydrogens (tertiary/aromatic N) is 3. The zero-order valence-electron chi connectivity index (χ0n) is 16.2. The molecule has 0 aliphatic rings. The Morgan fingerprint density at radius 3 is 2.52 bits per heavy atom. The third kappa shape index (κ3) is 4.59. The summed E-state index contributed by atoms with van der Waals surface area (Å²) in [5.41, 5.74) is 2.34. The summed E-state index contributed by atoms with van der Waals surface area (Å²) in [5.74, 6) is 0.884. The Labute approximate surface area is 168 Å². The van der Waals surface area contributed by atoms with Gasteiger partial charge in [0, 0.05) is 17.4 Å². The van der Waals surface area contributed by atoms with Crippen LogP contribution in [-0.4, -0.2) is 30.1 Å². The fraction of sp³-hybridized carbons (Fsp3) is 0.143. The number of anilines is 3. The maximum absolute atomic E-state index is 12.7. The zero-order valence-corrected chi connectivity index (χ0v) is 16.2. The molecule has 1 aromatic heterocycles. The second kappa shape index (κ2) is 8.71. The van der Waals surface area contributed by atoms with Crippen molar-refractivity contribution < 1.29 is 14.3 Å². The summed E-state index contributed by atoms with van der Waals surface area (Å²) >= 11 is 0. The first-order chi connectivity index (χ1) is 14.0. The Kier molecular flexibility index (Phi) is 5.90. The van der Waals surface area contributed by atoms with E-state index in [0.29, 0.717) is 34.1 Å². The smallest absolute Gasteiger partial charge is 0.274 e. The predicted octanol–water partition coefficient (Wildman–Crippen LogP) is 3.67. The summed E-state index contributed by atoms with van der Waals surface area (Å²) < 4.78 is 10.5. The van der Waals surface area contributed by atoms with Crippen LogP contribution in [0.5, 0.6) is 11.5 Å². The number of para-hydroxylation sites is 1. The summed E-state index contributed by atoms with van der Waals surface area (Å²) in [5, 5.41) is 15.0. The van der Waals surface area contributed by atoms with Crippen LogP contribution in [0.1, 0.15) is 21.7 Å². The summed E-state index contributed by atoms with van der Waals surface area (Å²) in [6.07, 6.45) is 0. The first-order valence-corrected chi connectivity index (χ1v) is 8.69. The van der Waals surface area contributed by atoms with Crippen LogP contribution in [0.2, 0.25) is 0 Å². The van der Waals surface area contributed by atoms with Gasteiger partial charge in [0.1, 0.15) is 11.8 Å². The molecule has 0 unspecified atom stereocenters. The minimum absolute atomic E-state index is 0.184. The molecule has 0 fully saturated rings. The van der Waals surface area contributed by atoms with E-state index in [2.05, 4.69) is 26.7 Å². The van der Waals surface area contributed by atoms with Crippen molar-refractivity contribution in [2.45, 2.75) is 6.92 Å². The summed E-state index contributed by atoms with van der Waals surface area (Å²) in [4.78, 5) is 21.3. The van der Waals surface area contributed by atoms with Crippen molar-refractivity contribution in [1.82, 2.24) is 9.97 Å². The van der Waals surface area contributed by atoms with E-state index in [1.165, 1.54) is 7.11 Å². The Bertz CT molecular complexity index is 1090. The van der Waals surface area contributed by atoms with Crippen LogP contribution >= 0.6 is 0 Å². The van der Waals surface area contributed by atoms with Gasteiger partial charge in [0.05, 0.1) is 25.5 Å². The third-order valence-corrected chi connectivity index (χ3v) is 4.02. The van der Waals surface area contributed by atoms with Gasteiger partial charge in [-0.1, -0.05) is 12.1 Å². The number of benzene rings is 2. The number of methoxy groups -OCH3 is 2. The molecule has 0 bridgehead atoms. The van der Waals surface area contributed by atoms with E-state index in [-0.39, 0.29) is 11.6 Å². The number of amides is 1. The van der Waals surface area contributed by atoms with Crippen molar-refractivity contribution >= 4 is 23.2 Å². The molecule has 0 saturated heterocycles. The lowest BCUT2D eigenvalue weighted by Crippen LogP contribution is -2.15. The van der Waals surface area contributed by atoms with E-state index < -0.39 is 5.91 Å². The molecule has 0 aliphatic heterocycles. The molecule has 3 aromatic rings. The Morgan fingerprint density at radius 2 is 1.79 bits per heavy atom. The van der Waals surface area contributed by atoms with Gasteiger partial charge in [-0.05, 0) is 37.3 Å². The molecule has 0 atom stereocenters. The second-order valence-electron chi connectivity index (χ2n) is 6.02. The zero-order chi connectivity index (χ0) is 20.8. The Balaban J connectivity index is 1.84. The van der Waals surface area contributed by atoms with Crippen LogP contribution in [0, 0.1) is 18.3 Å². The van der Waals surface area contributed by atoms with E-state index in [4.69, 9.17) is 9.47 Å². The van der Waals surface area contributed by atoms with E-state index >= 15 is 0 Å². The first kappa shape index (κ1) is 19.6. The highest BCUT2D eigenvalue weighted by Crippen LogP contribution is 2.30. The van der Waals surface area contributed by atoms with Crippen LogP contribution in [0.3, 0.4) is 0 Å². The number of carbonyl (C=O) groups is 1. The number of aryl methyl sites for hydroxylation is 1. The summed E-state index contributed by atoms with van der Waals surface area (Å²) in [6, 6.07) is 15.7. The summed E-state index contributed by atoms with van der Waals surface area (Å²) in [6.45, 7) is 1.76. The van der Waals surface area contributed by atoms with Gasteiger partial charge in [0.2, 0.25) is 5.95 Å². The number of hydrogen-bond acceptors (Lipinski definition) is 7. The molecule has 0 spiro atoms. The van der Waals surface area contributed by atoms with Gasteiger partial charge < -0.3 is 20.1 Å². The molecule has 2 N–H and O–H groups in total. The number of rotatable bonds is 6. The van der Waals surface area contributed by atoms with Crippen molar-refractivity contribution in [3.05, 3.63) is 65.5 Å². The SMILES string of the molecule is COc1ccc(NC(=O)c2cc(C)nc(Nc3ccccc3C#N)n2)cc1OC. The van der Waals surface area contributed by atoms with E-state index in [0.717, 1.165) is 0 Å². The predicted molar refractivity (Wildman–Crippen MR) is 109 cm³/mol. The number of nitriles is 1. The second-order valence-corrected chi connectivity index (χ2v) is 6.02. The van der Waals surface area contributed by atoms with Crippen LogP contribution in [0.15, 0.2) is 48.5 Å². The standard InChI is InChI=1S/C21H19N5O3/c1-13-10-17(20(27)24-15-8-9-18(28-2)19(11-15)29-3)26-21(23-13)25-16-7-5-4-6-14(16)12-22/h4-11H,1-3H3,(H,24,27)(H,23,25,26). The first-order valence-electron chi connectivity index (χ1n) is 8.69. The molecule has 29 heavy (non-hydrogen) atoms. The molecular formula is C21H19N5O3. The molecule has 0 aliphatic carbocycles. The molecule has 146 valence electrons. The summed E-state index contributed by atoms with van der Waals surface area (Å²) in [7, 11) is 3.06. The van der Waals surface area contributed by atoms with Crippen molar-refractivity contribution in [2.24, 2.45) is 0 Å². The van der Waals surface area contributed by atoms with Gasteiger partial charge in [-0.3, -0.25) is 4.79 Å². The molecule has 0 saturated carbocycles. The largest absolute Gasteiger partial charge is 0.493 e. The van der Waals surface area contributed by atoms with Gasteiger partial charge in [0.25, 0.3) is 5.91 Å². The minimum Gasteiger partial charge on any atom is -0.493 e. The fourth-order valence-electron chi connectivity index (χ4n) is 2.66. The van der Waals surface area contributed by atoms with Gasteiger partial charge in [0.15, 0.2) is 11.5 Å². The maximum Gasteiger partial charge on any atom is 0.274 e. The van der Waals surface area contributed by atoms with Gasteiger partial charge >= 0.3 is 0 Å². The molecule has 2 aromatic carbocycles. The minimum atomic E-state index is -0.403. The number of hydrogen-bond donors (Lipinski definition) is 2. The molecular weight excluding hydrogens is 370 g/mol.